The molecule has 0 saturated carbocycles. The zero-order chi connectivity index (χ0) is 22.8. The Balaban J connectivity index is 1.96. The standard InChI is InChI=1S/C23H27F3N2O3/c1-5-30-22(29)20-11-18(16-8-6-14(2)10-19(16)24)17-9-7-15(31-21(17)27-20)12-28(4)13-23(3,25)26/h6,8,10-11,15H,5,7,9,12-13H2,1-4H3/t15-/m1/s1. The largest absolute Gasteiger partial charge is 0.473 e. The number of fused-ring (bicyclic) bond motifs is 1. The third kappa shape index (κ3) is 5.76. The van der Waals surface area contributed by atoms with E-state index >= 15 is 0 Å². The molecule has 0 spiro atoms. The van der Waals surface area contributed by atoms with Gasteiger partial charge >= 0.3 is 5.97 Å². The van der Waals surface area contributed by atoms with Crippen molar-refractivity contribution >= 4 is 5.97 Å². The van der Waals surface area contributed by atoms with Gasteiger partial charge in [0.25, 0.3) is 5.92 Å². The summed E-state index contributed by atoms with van der Waals surface area (Å²) in [5.74, 6) is -3.64. The monoisotopic (exact) mass is 436 g/mol. The van der Waals surface area contributed by atoms with E-state index < -0.39 is 24.3 Å². The molecule has 0 unspecified atom stereocenters. The van der Waals surface area contributed by atoms with Gasteiger partial charge in [0.05, 0.1) is 13.2 Å². The van der Waals surface area contributed by atoms with Crippen molar-refractivity contribution in [3.8, 4) is 17.0 Å². The van der Waals surface area contributed by atoms with Crippen LogP contribution in [0, 0.1) is 12.7 Å². The third-order valence-corrected chi connectivity index (χ3v) is 5.04. The first-order valence-corrected chi connectivity index (χ1v) is 10.3. The van der Waals surface area contributed by atoms with Crippen LogP contribution in [0.5, 0.6) is 5.88 Å². The number of pyridine rings is 1. The number of hydrogen-bond donors (Lipinski definition) is 0. The molecule has 2 aromatic rings. The summed E-state index contributed by atoms with van der Waals surface area (Å²) in [6.07, 6.45) is 0.711. The quantitative estimate of drug-likeness (QED) is 0.592. The molecule has 0 saturated heterocycles. The van der Waals surface area contributed by atoms with Gasteiger partial charge in [-0.3, -0.25) is 4.90 Å². The van der Waals surface area contributed by atoms with E-state index in [9.17, 15) is 18.0 Å². The molecule has 0 fully saturated rings. The molecule has 0 amide bonds. The summed E-state index contributed by atoms with van der Waals surface area (Å²) >= 11 is 0. The number of rotatable bonds is 7. The number of likely N-dealkylation sites (N-methyl/N-ethyl adjacent to an activating group) is 1. The van der Waals surface area contributed by atoms with Crippen LogP contribution in [0.15, 0.2) is 24.3 Å². The number of esters is 1. The Kier molecular flexibility index (Phi) is 6.89. The van der Waals surface area contributed by atoms with Crippen LogP contribution in [0.2, 0.25) is 0 Å². The highest BCUT2D eigenvalue weighted by Gasteiger charge is 2.30. The summed E-state index contributed by atoms with van der Waals surface area (Å²) in [6, 6.07) is 6.41. The molecule has 1 aromatic carbocycles. The maximum absolute atomic E-state index is 14.7. The van der Waals surface area contributed by atoms with Gasteiger partial charge in [-0.25, -0.2) is 22.9 Å². The summed E-state index contributed by atoms with van der Waals surface area (Å²) < 4.78 is 52.4. The number of carbonyl (C=O) groups excluding carboxylic acids is 1. The second-order valence-corrected chi connectivity index (χ2v) is 8.09. The van der Waals surface area contributed by atoms with Crippen molar-refractivity contribution in [3.63, 3.8) is 0 Å². The third-order valence-electron chi connectivity index (χ3n) is 5.04. The first kappa shape index (κ1) is 23.1. The minimum absolute atomic E-state index is 0.0182. The lowest BCUT2D eigenvalue weighted by Crippen LogP contribution is -2.40. The molecule has 1 aromatic heterocycles. The SMILES string of the molecule is CCOC(=O)c1cc(-c2ccc(C)cc2F)c2c(n1)O[C@@H](CN(C)CC(C)(F)F)CC2. The molecule has 5 nitrogen and oxygen atoms in total. The Morgan fingerprint density at radius 3 is 2.71 bits per heavy atom. The zero-order valence-corrected chi connectivity index (χ0v) is 18.2. The molecule has 8 heteroatoms. The lowest BCUT2D eigenvalue weighted by molar-refractivity contribution is -0.0167. The van der Waals surface area contributed by atoms with Crippen LogP contribution in [-0.4, -0.2) is 54.6 Å². The molecule has 1 aliphatic heterocycles. The second kappa shape index (κ2) is 9.26. The number of aromatic nitrogens is 1. The Labute approximate surface area is 180 Å². The summed E-state index contributed by atoms with van der Waals surface area (Å²) in [7, 11) is 1.60. The first-order valence-electron chi connectivity index (χ1n) is 10.3. The Morgan fingerprint density at radius 1 is 1.32 bits per heavy atom. The second-order valence-electron chi connectivity index (χ2n) is 8.09. The van der Waals surface area contributed by atoms with Gasteiger partial charge in [0.15, 0.2) is 5.69 Å². The van der Waals surface area contributed by atoms with E-state index in [0.29, 0.717) is 29.5 Å². The number of ether oxygens (including phenoxy) is 2. The Morgan fingerprint density at radius 2 is 2.06 bits per heavy atom. The van der Waals surface area contributed by atoms with Gasteiger partial charge < -0.3 is 9.47 Å². The van der Waals surface area contributed by atoms with Gasteiger partial charge in [0.1, 0.15) is 11.9 Å². The summed E-state index contributed by atoms with van der Waals surface area (Å²) in [4.78, 5) is 18.2. The van der Waals surface area contributed by atoms with E-state index in [2.05, 4.69) is 4.98 Å². The number of hydrogen-bond acceptors (Lipinski definition) is 5. The fraction of sp³-hybridized carbons (Fsp3) is 0.478. The molecule has 1 atom stereocenters. The molecule has 0 aliphatic carbocycles. The topological polar surface area (TPSA) is 51.7 Å². The van der Waals surface area contributed by atoms with Crippen LogP contribution >= 0.6 is 0 Å². The van der Waals surface area contributed by atoms with Gasteiger partial charge in [0.2, 0.25) is 5.88 Å². The minimum Gasteiger partial charge on any atom is -0.473 e. The van der Waals surface area contributed by atoms with Gasteiger partial charge in [-0.15, -0.1) is 0 Å². The van der Waals surface area contributed by atoms with Crippen LogP contribution in [0.1, 0.15) is 41.9 Å². The normalized spacial score (nSPS) is 16.1. The van der Waals surface area contributed by atoms with Gasteiger partial charge in [-0.1, -0.05) is 12.1 Å². The van der Waals surface area contributed by atoms with E-state index in [1.165, 1.54) is 17.0 Å². The van der Waals surface area contributed by atoms with Crippen LogP contribution in [0.25, 0.3) is 11.1 Å². The molecular formula is C23H27F3N2O3. The number of carbonyl (C=O) groups is 1. The number of aryl methyl sites for hydroxylation is 1. The number of benzene rings is 1. The molecule has 1 aliphatic rings. The lowest BCUT2D eigenvalue weighted by Gasteiger charge is -2.31. The van der Waals surface area contributed by atoms with Crippen molar-refractivity contribution in [2.45, 2.75) is 45.6 Å². The zero-order valence-electron chi connectivity index (χ0n) is 18.2. The van der Waals surface area contributed by atoms with Crippen LogP contribution in [-0.2, 0) is 11.2 Å². The highest BCUT2D eigenvalue weighted by molar-refractivity contribution is 5.90. The summed E-state index contributed by atoms with van der Waals surface area (Å²) in [5.41, 5.74) is 2.36. The van der Waals surface area contributed by atoms with Crippen LogP contribution in [0.4, 0.5) is 13.2 Å². The molecule has 0 N–H and O–H groups in total. The average Bonchev–Trinajstić information content (AvgIpc) is 2.65. The van der Waals surface area contributed by atoms with E-state index in [1.807, 2.05) is 0 Å². The van der Waals surface area contributed by atoms with Gasteiger partial charge in [0, 0.05) is 24.6 Å². The molecule has 31 heavy (non-hydrogen) atoms. The van der Waals surface area contributed by atoms with E-state index in [1.54, 1.807) is 33.0 Å². The fourth-order valence-electron chi connectivity index (χ4n) is 3.81. The van der Waals surface area contributed by atoms with Crippen molar-refractivity contribution in [1.29, 1.82) is 0 Å². The Bertz CT molecular complexity index is 960. The lowest BCUT2D eigenvalue weighted by atomic mass is 9.93. The molecule has 0 bridgehead atoms. The van der Waals surface area contributed by atoms with Crippen LogP contribution < -0.4 is 4.74 Å². The average molecular weight is 436 g/mol. The summed E-state index contributed by atoms with van der Waals surface area (Å²) in [6.45, 7) is 4.41. The number of halogens is 3. The highest BCUT2D eigenvalue weighted by Crippen LogP contribution is 2.37. The molecule has 3 rings (SSSR count). The first-order chi connectivity index (χ1) is 14.6. The number of nitrogens with zero attached hydrogens (tertiary/aromatic N) is 2. The number of alkyl halides is 2. The summed E-state index contributed by atoms with van der Waals surface area (Å²) in [5, 5.41) is 0. The van der Waals surface area contributed by atoms with Crippen molar-refractivity contribution < 1.29 is 27.4 Å². The van der Waals surface area contributed by atoms with Crippen molar-refractivity contribution in [2.75, 3.05) is 26.7 Å². The Hall–Kier alpha value is -2.61. The van der Waals surface area contributed by atoms with Crippen LogP contribution in [0.3, 0.4) is 0 Å². The predicted molar refractivity (Wildman–Crippen MR) is 111 cm³/mol. The molecule has 2 heterocycles. The van der Waals surface area contributed by atoms with Crippen molar-refractivity contribution in [1.82, 2.24) is 9.88 Å². The van der Waals surface area contributed by atoms with E-state index in [-0.39, 0.29) is 30.8 Å². The smallest absolute Gasteiger partial charge is 0.357 e. The highest BCUT2D eigenvalue weighted by atomic mass is 19.3. The van der Waals surface area contributed by atoms with Gasteiger partial charge in [-0.05, 0) is 57.0 Å². The molecular weight excluding hydrogens is 409 g/mol. The molecule has 168 valence electrons. The predicted octanol–water partition coefficient (Wildman–Crippen LogP) is 4.65. The van der Waals surface area contributed by atoms with Crippen molar-refractivity contribution in [2.24, 2.45) is 0 Å². The minimum atomic E-state index is -2.81. The van der Waals surface area contributed by atoms with Gasteiger partial charge in [-0.2, -0.15) is 0 Å². The fourth-order valence-corrected chi connectivity index (χ4v) is 3.81. The molecule has 0 radical (unpaired) electrons. The van der Waals surface area contributed by atoms with E-state index in [0.717, 1.165) is 12.5 Å². The maximum atomic E-state index is 14.7. The van der Waals surface area contributed by atoms with Crippen molar-refractivity contribution in [3.05, 3.63) is 46.9 Å². The maximum Gasteiger partial charge on any atom is 0.357 e. The van der Waals surface area contributed by atoms with E-state index in [4.69, 9.17) is 9.47 Å².